The van der Waals surface area contributed by atoms with Crippen LogP contribution in [0.3, 0.4) is 0 Å². The second kappa shape index (κ2) is 9.59. The van der Waals surface area contributed by atoms with Gasteiger partial charge in [0.25, 0.3) is 11.8 Å². The lowest BCUT2D eigenvalue weighted by Gasteiger charge is -2.23. The summed E-state index contributed by atoms with van der Waals surface area (Å²) >= 11 is 0. The predicted octanol–water partition coefficient (Wildman–Crippen LogP) is 2.78. The number of hydrogen-bond acceptors (Lipinski definition) is 5. The van der Waals surface area contributed by atoms with E-state index >= 15 is 0 Å². The van der Waals surface area contributed by atoms with Crippen molar-refractivity contribution in [2.45, 2.75) is 25.7 Å². The van der Waals surface area contributed by atoms with Crippen LogP contribution in [0.1, 0.15) is 24.3 Å². The Bertz CT molecular complexity index is 1730. The van der Waals surface area contributed by atoms with Crippen LogP contribution in [0.2, 0.25) is 0 Å². The van der Waals surface area contributed by atoms with E-state index in [1.807, 2.05) is 12.1 Å². The van der Waals surface area contributed by atoms with Crippen molar-refractivity contribution in [1.82, 2.24) is 19.7 Å². The van der Waals surface area contributed by atoms with Crippen LogP contribution in [0.25, 0.3) is 23.0 Å². The molecular formula is C28H20F3N5O3. The Morgan fingerprint density at radius 2 is 1.79 bits per heavy atom. The van der Waals surface area contributed by atoms with Crippen molar-refractivity contribution in [2.24, 2.45) is 4.99 Å². The molecule has 2 aliphatic rings. The van der Waals surface area contributed by atoms with Gasteiger partial charge in [0.15, 0.2) is 6.23 Å². The minimum absolute atomic E-state index is 0.119. The summed E-state index contributed by atoms with van der Waals surface area (Å²) in [6.45, 7) is 1.91. The first kappa shape index (κ1) is 24.7. The summed E-state index contributed by atoms with van der Waals surface area (Å²) in [4.78, 5) is 33.9. The minimum atomic E-state index is -0.878. The molecule has 0 radical (unpaired) electrons. The number of hydrogen-bond donors (Lipinski definition) is 0. The maximum absolute atomic E-state index is 14.0. The largest absolute Gasteiger partial charge is 0.341 e. The van der Waals surface area contributed by atoms with Crippen molar-refractivity contribution in [3.63, 3.8) is 0 Å². The predicted molar refractivity (Wildman–Crippen MR) is 132 cm³/mol. The normalized spacial score (nSPS) is 18.3. The highest BCUT2D eigenvalue weighted by Gasteiger charge is 2.40. The number of amides is 2. The van der Waals surface area contributed by atoms with Gasteiger partial charge in [-0.3, -0.25) is 9.59 Å². The number of fused-ring (bicyclic) bond motifs is 1. The summed E-state index contributed by atoms with van der Waals surface area (Å²) in [5.74, 6) is -2.80. The Morgan fingerprint density at radius 3 is 2.54 bits per heavy atom. The van der Waals surface area contributed by atoms with Crippen LogP contribution >= 0.6 is 0 Å². The van der Waals surface area contributed by atoms with Gasteiger partial charge in [0.05, 0.1) is 11.0 Å². The first-order valence-corrected chi connectivity index (χ1v) is 12.1. The van der Waals surface area contributed by atoms with Crippen LogP contribution in [-0.2, 0) is 20.7 Å². The van der Waals surface area contributed by atoms with Gasteiger partial charge in [-0.1, -0.05) is 6.07 Å². The van der Waals surface area contributed by atoms with Crippen molar-refractivity contribution in [1.29, 1.82) is 0 Å². The standard InChI is InChI=1S/C28H20F3N5O3/c1-15-27(38)35(7-6-16-2-4-23-18(8-16)9-25(37)33-23)28(39-15)22-14-36(21-11-19(29)10-20(30)12-21)34-26(22)17-3-5-24(31)32-13-17/h2-5,8-15,28H,6-7H2,1H3/t15-,28-/m1/s1. The number of carbonyl (C=O) groups excluding carboxylic acids is 2. The number of aromatic nitrogens is 3. The fourth-order valence-electron chi connectivity index (χ4n) is 4.77. The van der Waals surface area contributed by atoms with Crippen LogP contribution in [0.5, 0.6) is 0 Å². The minimum Gasteiger partial charge on any atom is -0.341 e. The molecular weight excluding hydrogens is 511 g/mol. The van der Waals surface area contributed by atoms with E-state index < -0.39 is 29.9 Å². The summed E-state index contributed by atoms with van der Waals surface area (Å²) in [5, 5.41) is 5.84. The third-order valence-corrected chi connectivity index (χ3v) is 6.61. The number of nitrogens with zero attached hydrogens (tertiary/aromatic N) is 5. The van der Waals surface area contributed by atoms with Gasteiger partial charge in [0.2, 0.25) is 5.95 Å². The highest BCUT2D eigenvalue weighted by atomic mass is 19.1. The molecule has 0 spiro atoms. The number of halogens is 3. The number of ether oxygens (including phenoxy) is 1. The number of benzene rings is 2. The lowest BCUT2D eigenvalue weighted by atomic mass is 10.1. The summed E-state index contributed by atoms with van der Waals surface area (Å²) < 4.78 is 48.9. The van der Waals surface area contributed by atoms with E-state index in [1.54, 1.807) is 17.9 Å². The van der Waals surface area contributed by atoms with Crippen LogP contribution < -0.4 is 10.6 Å². The van der Waals surface area contributed by atoms with E-state index in [4.69, 9.17) is 4.74 Å². The molecule has 1 saturated heterocycles. The van der Waals surface area contributed by atoms with Crippen molar-refractivity contribution >= 4 is 17.9 Å². The van der Waals surface area contributed by atoms with Crippen molar-refractivity contribution in [3.8, 4) is 16.9 Å². The van der Waals surface area contributed by atoms with Gasteiger partial charge in [0, 0.05) is 47.4 Å². The van der Waals surface area contributed by atoms with E-state index in [0.717, 1.165) is 29.0 Å². The van der Waals surface area contributed by atoms with Gasteiger partial charge in [-0.2, -0.15) is 9.49 Å². The average Bonchev–Trinajstić information content (AvgIpc) is 3.57. The molecule has 2 aliphatic heterocycles. The number of carbonyl (C=O) groups is 2. The Kier molecular flexibility index (Phi) is 6.07. The first-order valence-electron chi connectivity index (χ1n) is 12.1. The van der Waals surface area contributed by atoms with E-state index in [9.17, 15) is 22.8 Å². The molecule has 2 aromatic carbocycles. The highest BCUT2D eigenvalue weighted by molar-refractivity contribution is 6.06. The van der Waals surface area contributed by atoms with E-state index in [-0.39, 0.29) is 24.0 Å². The average molecular weight is 531 g/mol. The van der Waals surface area contributed by atoms with Gasteiger partial charge in [0.1, 0.15) is 23.4 Å². The van der Waals surface area contributed by atoms with Gasteiger partial charge < -0.3 is 9.64 Å². The van der Waals surface area contributed by atoms with Gasteiger partial charge >= 0.3 is 0 Å². The molecule has 196 valence electrons. The van der Waals surface area contributed by atoms with Crippen LogP contribution in [0.4, 0.5) is 13.2 Å². The van der Waals surface area contributed by atoms with E-state index in [1.165, 1.54) is 35.3 Å². The third-order valence-electron chi connectivity index (χ3n) is 6.61. The smallest absolute Gasteiger partial charge is 0.270 e. The fraction of sp³-hybridized carbons (Fsp3) is 0.179. The zero-order valence-corrected chi connectivity index (χ0v) is 20.5. The monoisotopic (exact) mass is 531 g/mol. The van der Waals surface area contributed by atoms with E-state index in [2.05, 4.69) is 15.1 Å². The maximum Gasteiger partial charge on any atom is 0.270 e. The quantitative estimate of drug-likeness (QED) is 0.357. The third kappa shape index (κ3) is 4.72. The summed E-state index contributed by atoms with van der Waals surface area (Å²) in [7, 11) is 0. The summed E-state index contributed by atoms with van der Waals surface area (Å²) in [6, 6.07) is 11.1. The van der Waals surface area contributed by atoms with E-state index in [0.29, 0.717) is 28.6 Å². The fourth-order valence-corrected chi connectivity index (χ4v) is 4.77. The van der Waals surface area contributed by atoms with Crippen molar-refractivity contribution in [3.05, 3.63) is 100 Å². The van der Waals surface area contributed by atoms with Crippen molar-refractivity contribution in [2.75, 3.05) is 6.54 Å². The molecule has 39 heavy (non-hydrogen) atoms. The van der Waals surface area contributed by atoms with Gasteiger partial charge in [-0.05, 0) is 55.3 Å². The van der Waals surface area contributed by atoms with Gasteiger partial charge in [-0.15, -0.1) is 0 Å². The molecule has 1 fully saturated rings. The Hall–Kier alpha value is -4.64. The second-order valence-electron chi connectivity index (χ2n) is 9.27. The molecule has 0 bridgehead atoms. The summed E-state index contributed by atoms with van der Waals surface area (Å²) in [6.07, 6.45) is 3.11. The molecule has 6 rings (SSSR count). The topological polar surface area (TPSA) is 89.7 Å². The highest BCUT2D eigenvalue weighted by Crippen LogP contribution is 2.37. The van der Waals surface area contributed by atoms with Crippen LogP contribution in [-0.4, -0.2) is 44.1 Å². The Balaban J connectivity index is 1.38. The van der Waals surface area contributed by atoms with Crippen molar-refractivity contribution < 1.29 is 27.5 Å². The molecule has 4 aromatic rings. The van der Waals surface area contributed by atoms with Crippen LogP contribution in [0.15, 0.2) is 65.9 Å². The molecule has 2 amide bonds. The molecule has 11 heteroatoms. The Morgan fingerprint density at radius 1 is 1.00 bits per heavy atom. The molecule has 0 unspecified atom stereocenters. The second-order valence-corrected chi connectivity index (χ2v) is 9.27. The molecule has 0 aliphatic carbocycles. The maximum atomic E-state index is 14.0. The molecule has 2 aromatic heterocycles. The van der Waals surface area contributed by atoms with Gasteiger partial charge in [-0.25, -0.2) is 23.4 Å². The number of rotatable bonds is 6. The molecule has 2 atom stereocenters. The number of pyridine rings is 1. The van der Waals surface area contributed by atoms with Crippen LogP contribution in [0, 0.1) is 17.6 Å². The lowest BCUT2D eigenvalue weighted by molar-refractivity contribution is -0.130. The first-order chi connectivity index (χ1) is 18.7. The summed E-state index contributed by atoms with van der Waals surface area (Å²) in [5.41, 5.74) is 2.21. The zero-order valence-electron chi connectivity index (χ0n) is 20.5. The lowest BCUT2D eigenvalue weighted by Crippen LogP contribution is -2.32. The molecule has 4 heterocycles. The zero-order chi connectivity index (χ0) is 27.3. The molecule has 0 saturated carbocycles. The Labute approximate surface area is 219 Å². The SMILES string of the molecule is C[C@H]1O[C@H](c2cn(-c3cc(F)cc(F)c3)nc2-c2ccc(F)nc2)N(CCc2ccc3c(c2)=CC(=O)N=3)C1=O. The molecule has 0 N–H and O–H groups in total. The molecule has 8 nitrogen and oxygen atoms in total.